The zero-order chi connectivity index (χ0) is 17.8. The summed E-state index contributed by atoms with van der Waals surface area (Å²) in [6, 6.07) is 4.64. The van der Waals surface area contributed by atoms with E-state index in [0.717, 1.165) is 49.5 Å². The maximum absolute atomic E-state index is 12.1. The molecule has 4 saturated carbocycles. The average molecular weight is 368 g/mol. The van der Waals surface area contributed by atoms with Crippen molar-refractivity contribution in [1.29, 1.82) is 0 Å². The van der Waals surface area contributed by atoms with Crippen LogP contribution in [0, 0.1) is 11.3 Å². The molecule has 142 valence electrons. The molecular formula is C21H24N2O4. The number of nitrogens with zero attached hydrogens (tertiary/aromatic N) is 1. The first-order valence-corrected chi connectivity index (χ1v) is 10.4. The molecule has 1 aromatic carbocycles. The van der Waals surface area contributed by atoms with E-state index in [1.807, 2.05) is 6.07 Å². The summed E-state index contributed by atoms with van der Waals surface area (Å²) in [5.41, 5.74) is 0.609. The predicted molar refractivity (Wildman–Crippen MR) is 95.9 cm³/mol. The summed E-state index contributed by atoms with van der Waals surface area (Å²) >= 11 is 0. The molecule has 0 amide bonds. The first kappa shape index (κ1) is 14.5. The van der Waals surface area contributed by atoms with Crippen LogP contribution in [0.1, 0.15) is 37.7 Å². The van der Waals surface area contributed by atoms with E-state index in [9.17, 15) is 10.2 Å². The number of hydrogen-bond donors (Lipinski definition) is 3. The Hall–Kier alpha value is -1.50. The molecule has 6 nitrogen and oxygen atoms in total. The predicted octanol–water partition coefficient (Wildman–Crippen LogP) is 1.20. The van der Waals surface area contributed by atoms with Gasteiger partial charge in [0.1, 0.15) is 5.60 Å². The van der Waals surface area contributed by atoms with Gasteiger partial charge in [0.05, 0.1) is 17.3 Å². The molecule has 0 radical (unpaired) electrons. The molecule has 4 heterocycles. The van der Waals surface area contributed by atoms with Gasteiger partial charge < -0.3 is 25.0 Å². The van der Waals surface area contributed by atoms with Crippen molar-refractivity contribution >= 4 is 5.69 Å². The minimum Gasteiger partial charge on any atom is -0.454 e. The highest BCUT2D eigenvalue weighted by Crippen LogP contribution is 2.81. The SMILES string of the molecule is O[C@H]1[C@H]2CN3CCC[C@]45CC[C@@]6(Nc7c(ccc8c7OCO8)[C@@]26[C@@H]34)[C@@]1(O)C5. The normalized spacial score (nSPS) is 54.8. The third-order valence-electron chi connectivity index (χ3n) is 9.77. The summed E-state index contributed by atoms with van der Waals surface area (Å²) in [4.78, 5) is 2.66. The minimum absolute atomic E-state index is 0.0712. The number of anilines is 1. The molecule has 3 N–H and O–H groups in total. The van der Waals surface area contributed by atoms with Crippen LogP contribution in [-0.4, -0.2) is 58.3 Å². The number of hydrogen-bond acceptors (Lipinski definition) is 6. The lowest BCUT2D eigenvalue weighted by molar-refractivity contribution is -0.210. The number of ether oxygens (including phenoxy) is 2. The Bertz CT molecular complexity index is 937. The highest BCUT2D eigenvalue weighted by molar-refractivity contribution is 5.80. The molecule has 3 spiro atoms. The van der Waals surface area contributed by atoms with E-state index >= 15 is 0 Å². The summed E-state index contributed by atoms with van der Waals surface area (Å²) in [7, 11) is 0. The van der Waals surface area contributed by atoms with E-state index in [1.54, 1.807) is 0 Å². The minimum atomic E-state index is -1.07. The van der Waals surface area contributed by atoms with E-state index in [2.05, 4.69) is 16.3 Å². The first-order valence-electron chi connectivity index (χ1n) is 10.4. The van der Waals surface area contributed by atoms with Gasteiger partial charge in [-0.25, -0.2) is 0 Å². The third-order valence-corrected chi connectivity index (χ3v) is 9.77. The fourth-order valence-electron chi connectivity index (χ4n) is 9.39. The Morgan fingerprint density at radius 3 is 3.04 bits per heavy atom. The second-order valence-corrected chi connectivity index (χ2v) is 10.1. The second-order valence-electron chi connectivity index (χ2n) is 10.1. The van der Waals surface area contributed by atoms with Crippen molar-refractivity contribution in [2.24, 2.45) is 11.3 Å². The van der Waals surface area contributed by atoms with Crippen LogP contribution in [-0.2, 0) is 5.41 Å². The monoisotopic (exact) mass is 368 g/mol. The van der Waals surface area contributed by atoms with E-state index < -0.39 is 17.2 Å². The molecule has 1 aromatic rings. The Balaban J connectivity index is 1.51. The van der Waals surface area contributed by atoms with Crippen LogP contribution in [0.15, 0.2) is 12.1 Å². The van der Waals surface area contributed by atoms with E-state index in [1.165, 1.54) is 18.4 Å². The van der Waals surface area contributed by atoms with Gasteiger partial charge in [-0.3, -0.25) is 4.90 Å². The number of aliphatic hydroxyl groups is 2. The molecule has 6 fully saturated rings. The van der Waals surface area contributed by atoms with E-state index in [0.29, 0.717) is 6.04 Å². The number of nitrogens with one attached hydrogen (secondary N) is 1. The van der Waals surface area contributed by atoms with Crippen molar-refractivity contribution < 1.29 is 19.7 Å². The van der Waals surface area contributed by atoms with Crippen LogP contribution >= 0.6 is 0 Å². The summed E-state index contributed by atoms with van der Waals surface area (Å²) in [6.07, 6.45) is 4.50. The number of benzene rings is 1. The fourth-order valence-corrected chi connectivity index (χ4v) is 9.39. The van der Waals surface area contributed by atoms with E-state index in [4.69, 9.17) is 9.47 Å². The van der Waals surface area contributed by atoms with Gasteiger partial charge in [0.2, 0.25) is 6.79 Å². The maximum Gasteiger partial charge on any atom is 0.231 e. The van der Waals surface area contributed by atoms with Crippen LogP contribution < -0.4 is 14.8 Å². The van der Waals surface area contributed by atoms with Crippen molar-refractivity contribution in [1.82, 2.24) is 4.90 Å². The van der Waals surface area contributed by atoms with Gasteiger partial charge in [0, 0.05) is 23.9 Å². The van der Waals surface area contributed by atoms with Crippen molar-refractivity contribution in [2.75, 3.05) is 25.2 Å². The van der Waals surface area contributed by atoms with Crippen molar-refractivity contribution in [3.05, 3.63) is 17.7 Å². The summed E-state index contributed by atoms with van der Waals surface area (Å²) in [6.45, 7) is 2.27. The van der Waals surface area contributed by atoms with Crippen LogP contribution in [0.25, 0.3) is 0 Å². The summed E-state index contributed by atoms with van der Waals surface area (Å²) in [5.74, 6) is 1.66. The number of aliphatic hydroxyl groups excluding tert-OH is 1. The molecule has 0 unspecified atom stereocenters. The maximum atomic E-state index is 12.1. The van der Waals surface area contributed by atoms with Gasteiger partial charge in [-0.15, -0.1) is 0 Å². The van der Waals surface area contributed by atoms with Crippen LogP contribution in [0.2, 0.25) is 0 Å². The number of fused-ring (bicyclic) bond motifs is 4. The molecule has 4 bridgehead atoms. The Morgan fingerprint density at radius 1 is 1.19 bits per heavy atom. The van der Waals surface area contributed by atoms with Gasteiger partial charge in [-0.2, -0.15) is 0 Å². The van der Waals surface area contributed by atoms with Crippen molar-refractivity contribution in [2.45, 2.75) is 60.8 Å². The van der Waals surface area contributed by atoms with Gasteiger partial charge in [-0.1, -0.05) is 6.07 Å². The number of rotatable bonds is 0. The van der Waals surface area contributed by atoms with Gasteiger partial charge in [0.15, 0.2) is 11.5 Å². The average Bonchev–Trinajstić information content (AvgIpc) is 3.36. The van der Waals surface area contributed by atoms with Crippen LogP contribution in [0.3, 0.4) is 0 Å². The van der Waals surface area contributed by atoms with Crippen LogP contribution in [0.4, 0.5) is 5.69 Å². The topological polar surface area (TPSA) is 74.2 Å². The third kappa shape index (κ3) is 1.09. The molecule has 9 rings (SSSR count). The van der Waals surface area contributed by atoms with Crippen LogP contribution in [0.5, 0.6) is 11.5 Å². The zero-order valence-corrected chi connectivity index (χ0v) is 15.2. The lowest BCUT2D eigenvalue weighted by Crippen LogP contribution is -2.80. The lowest BCUT2D eigenvalue weighted by Gasteiger charge is -2.69. The molecule has 27 heavy (non-hydrogen) atoms. The first-order chi connectivity index (χ1) is 13.1. The molecule has 4 aliphatic carbocycles. The molecule has 2 saturated heterocycles. The molecule has 0 aromatic heterocycles. The Morgan fingerprint density at radius 2 is 2.11 bits per heavy atom. The summed E-state index contributed by atoms with van der Waals surface area (Å²) in [5, 5.41) is 27.3. The standard InChI is InChI=1S/C21H24N2O4/c24-16-12-8-23-7-1-4-18-5-6-20(19(16,25)9-18)21(12,17(18)23)11-2-3-13-15(14(11)22-20)27-10-26-13/h2-3,12,16-17,22,24-25H,1,4-10H2/t12-,16+,17+,18-,19-,20-,21+/m1/s1. The Labute approximate surface area is 157 Å². The smallest absolute Gasteiger partial charge is 0.231 e. The molecular weight excluding hydrogens is 344 g/mol. The second kappa shape index (κ2) is 3.82. The highest BCUT2D eigenvalue weighted by atomic mass is 16.7. The van der Waals surface area contributed by atoms with Gasteiger partial charge >= 0.3 is 0 Å². The molecule has 4 aliphatic heterocycles. The van der Waals surface area contributed by atoms with Gasteiger partial charge in [0.25, 0.3) is 0 Å². The Kier molecular flexibility index (Phi) is 2.05. The molecule has 6 heteroatoms. The fraction of sp³-hybridized carbons (Fsp3) is 0.714. The number of piperidine rings is 1. The highest BCUT2D eigenvalue weighted by Gasteiger charge is 2.91. The molecule has 8 aliphatic rings. The van der Waals surface area contributed by atoms with Crippen molar-refractivity contribution in [3.8, 4) is 11.5 Å². The largest absolute Gasteiger partial charge is 0.454 e. The zero-order valence-electron chi connectivity index (χ0n) is 15.2. The van der Waals surface area contributed by atoms with Gasteiger partial charge in [-0.05, 0) is 55.7 Å². The summed E-state index contributed by atoms with van der Waals surface area (Å²) < 4.78 is 11.5. The van der Waals surface area contributed by atoms with Crippen molar-refractivity contribution in [3.63, 3.8) is 0 Å². The lowest BCUT2D eigenvalue weighted by atomic mass is 9.40. The van der Waals surface area contributed by atoms with E-state index in [-0.39, 0.29) is 23.5 Å². The molecule has 7 atom stereocenters. The quantitative estimate of drug-likeness (QED) is 0.639.